The molecule has 1 aromatic heterocycles. The minimum absolute atomic E-state index is 0.206. The van der Waals surface area contributed by atoms with Crippen molar-refractivity contribution in [2.45, 2.75) is 38.8 Å². The summed E-state index contributed by atoms with van der Waals surface area (Å²) in [6, 6.07) is 11.4. The summed E-state index contributed by atoms with van der Waals surface area (Å²) >= 11 is 0. The van der Waals surface area contributed by atoms with Gasteiger partial charge in [0.05, 0.1) is 18.8 Å². The van der Waals surface area contributed by atoms with Crippen LogP contribution in [0, 0.1) is 0 Å². The Bertz CT molecular complexity index is 691. The highest BCUT2D eigenvalue weighted by Gasteiger charge is 2.24. The van der Waals surface area contributed by atoms with Crippen molar-refractivity contribution in [2.24, 2.45) is 4.99 Å². The van der Waals surface area contributed by atoms with Crippen LogP contribution in [0.25, 0.3) is 0 Å². The molecular formula is C21H30N4O2. The number of likely N-dealkylation sites (tertiary alicyclic amines) is 1. The molecule has 146 valence electrons. The van der Waals surface area contributed by atoms with Crippen molar-refractivity contribution in [3.8, 4) is 5.75 Å². The molecule has 0 saturated carbocycles. The molecule has 27 heavy (non-hydrogen) atoms. The summed E-state index contributed by atoms with van der Waals surface area (Å²) < 4.78 is 5.72. The van der Waals surface area contributed by atoms with Crippen LogP contribution in [0.1, 0.15) is 43.6 Å². The lowest BCUT2D eigenvalue weighted by atomic mass is 10.1. The molecule has 0 bridgehead atoms. The van der Waals surface area contributed by atoms with Gasteiger partial charge in [-0.1, -0.05) is 18.6 Å². The van der Waals surface area contributed by atoms with Crippen LogP contribution in [0.2, 0.25) is 0 Å². The van der Waals surface area contributed by atoms with Gasteiger partial charge in [0.2, 0.25) is 0 Å². The van der Waals surface area contributed by atoms with E-state index in [9.17, 15) is 5.11 Å². The van der Waals surface area contributed by atoms with Crippen LogP contribution in [-0.4, -0.2) is 42.1 Å². The van der Waals surface area contributed by atoms with Gasteiger partial charge in [-0.05, 0) is 62.7 Å². The number of aromatic hydroxyl groups is 1. The zero-order valence-corrected chi connectivity index (χ0v) is 16.0. The first kappa shape index (κ1) is 19.3. The van der Waals surface area contributed by atoms with Crippen LogP contribution in [0.3, 0.4) is 0 Å². The quantitative estimate of drug-likeness (QED) is 0.515. The van der Waals surface area contributed by atoms with Crippen molar-refractivity contribution in [2.75, 3.05) is 26.2 Å². The van der Waals surface area contributed by atoms with E-state index in [1.807, 2.05) is 18.2 Å². The number of rotatable bonds is 7. The van der Waals surface area contributed by atoms with Crippen LogP contribution in [0.5, 0.6) is 5.75 Å². The SMILES string of the molecule is CCNC(=NCc1ccc(O)cc1)NCC(c1ccco1)N1CCCCC1. The first-order valence-electron chi connectivity index (χ1n) is 9.84. The van der Waals surface area contributed by atoms with Crippen LogP contribution in [-0.2, 0) is 6.54 Å². The van der Waals surface area contributed by atoms with E-state index in [2.05, 4.69) is 33.5 Å². The van der Waals surface area contributed by atoms with E-state index in [-0.39, 0.29) is 11.8 Å². The summed E-state index contributed by atoms with van der Waals surface area (Å²) in [5.41, 5.74) is 1.06. The third kappa shape index (κ3) is 5.76. The number of hydrogen-bond acceptors (Lipinski definition) is 4. The molecule has 1 aliphatic heterocycles. The predicted octanol–water partition coefficient (Wildman–Crippen LogP) is 3.27. The van der Waals surface area contributed by atoms with Gasteiger partial charge in [0.15, 0.2) is 5.96 Å². The van der Waals surface area contributed by atoms with E-state index in [1.165, 1.54) is 19.3 Å². The lowest BCUT2D eigenvalue weighted by Gasteiger charge is -2.33. The van der Waals surface area contributed by atoms with Gasteiger partial charge in [-0.2, -0.15) is 0 Å². The molecule has 6 nitrogen and oxygen atoms in total. The number of piperidine rings is 1. The lowest BCUT2D eigenvalue weighted by molar-refractivity contribution is 0.146. The van der Waals surface area contributed by atoms with Crippen LogP contribution < -0.4 is 10.6 Å². The minimum Gasteiger partial charge on any atom is -0.508 e. The van der Waals surface area contributed by atoms with Crippen molar-refractivity contribution in [1.82, 2.24) is 15.5 Å². The highest BCUT2D eigenvalue weighted by atomic mass is 16.3. The smallest absolute Gasteiger partial charge is 0.191 e. The van der Waals surface area contributed by atoms with Gasteiger partial charge in [0.1, 0.15) is 11.5 Å². The third-order valence-corrected chi connectivity index (χ3v) is 4.87. The average Bonchev–Trinajstić information content (AvgIpc) is 3.23. The Morgan fingerprint density at radius 3 is 2.59 bits per heavy atom. The Balaban J connectivity index is 1.64. The maximum Gasteiger partial charge on any atom is 0.191 e. The zero-order valence-electron chi connectivity index (χ0n) is 16.0. The zero-order chi connectivity index (χ0) is 18.9. The number of nitrogens with zero attached hydrogens (tertiary/aromatic N) is 2. The molecular weight excluding hydrogens is 340 g/mol. The molecule has 6 heteroatoms. The Morgan fingerprint density at radius 1 is 1.15 bits per heavy atom. The number of guanidine groups is 1. The minimum atomic E-state index is 0.206. The molecule has 1 fully saturated rings. The molecule has 2 aromatic rings. The summed E-state index contributed by atoms with van der Waals surface area (Å²) in [5, 5.41) is 16.2. The molecule has 3 rings (SSSR count). The fourth-order valence-corrected chi connectivity index (χ4v) is 3.43. The van der Waals surface area contributed by atoms with E-state index < -0.39 is 0 Å². The number of hydrogen-bond donors (Lipinski definition) is 3. The molecule has 1 aliphatic rings. The normalized spacial score (nSPS) is 16.9. The summed E-state index contributed by atoms with van der Waals surface area (Å²) in [7, 11) is 0. The third-order valence-electron chi connectivity index (χ3n) is 4.87. The van der Waals surface area contributed by atoms with E-state index >= 15 is 0 Å². The van der Waals surface area contributed by atoms with Gasteiger partial charge < -0.3 is 20.2 Å². The predicted molar refractivity (Wildman–Crippen MR) is 108 cm³/mol. The van der Waals surface area contributed by atoms with Crippen molar-refractivity contribution >= 4 is 5.96 Å². The number of phenols is 1. The topological polar surface area (TPSA) is 73.0 Å². The molecule has 1 aromatic carbocycles. The molecule has 1 atom stereocenters. The summed E-state index contributed by atoms with van der Waals surface area (Å²) in [5.74, 6) is 2.06. The second kappa shape index (κ2) is 10.0. The van der Waals surface area contributed by atoms with Crippen LogP contribution in [0.15, 0.2) is 52.1 Å². The van der Waals surface area contributed by atoms with Gasteiger partial charge in [-0.15, -0.1) is 0 Å². The maximum absolute atomic E-state index is 9.40. The summed E-state index contributed by atoms with van der Waals surface area (Å²) in [6.07, 6.45) is 5.54. The van der Waals surface area contributed by atoms with E-state index in [4.69, 9.17) is 4.42 Å². The van der Waals surface area contributed by atoms with E-state index in [0.717, 1.165) is 43.5 Å². The van der Waals surface area contributed by atoms with E-state index in [0.29, 0.717) is 6.54 Å². The molecule has 0 amide bonds. The molecule has 2 heterocycles. The van der Waals surface area contributed by atoms with Crippen molar-refractivity contribution < 1.29 is 9.52 Å². The first-order valence-corrected chi connectivity index (χ1v) is 9.84. The maximum atomic E-state index is 9.40. The Labute approximate surface area is 161 Å². The molecule has 3 N–H and O–H groups in total. The number of nitrogens with one attached hydrogen (secondary N) is 2. The van der Waals surface area contributed by atoms with Gasteiger partial charge in [-0.25, -0.2) is 4.99 Å². The first-order chi connectivity index (χ1) is 13.3. The second-order valence-electron chi connectivity index (χ2n) is 6.87. The number of aliphatic imine (C=N–C) groups is 1. The molecule has 0 radical (unpaired) electrons. The molecule has 1 unspecified atom stereocenters. The van der Waals surface area contributed by atoms with Crippen molar-refractivity contribution in [3.05, 3.63) is 54.0 Å². The summed E-state index contributed by atoms with van der Waals surface area (Å²) in [4.78, 5) is 7.17. The molecule has 0 aliphatic carbocycles. The van der Waals surface area contributed by atoms with Crippen molar-refractivity contribution in [3.63, 3.8) is 0 Å². The van der Waals surface area contributed by atoms with Gasteiger partial charge in [0, 0.05) is 13.1 Å². The fourth-order valence-electron chi connectivity index (χ4n) is 3.43. The van der Waals surface area contributed by atoms with Gasteiger partial charge >= 0.3 is 0 Å². The van der Waals surface area contributed by atoms with Gasteiger partial charge in [-0.3, -0.25) is 4.90 Å². The largest absolute Gasteiger partial charge is 0.508 e. The van der Waals surface area contributed by atoms with E-state index in [1.54, 1.807) is 18.4 Å². The monoisotopic (exact) mass is 370 g/mol. The van der Waals surface area contributed by atoms with Crippen molar-refractivity contribution in [1.29, 1.82) is 0 Å². The highest BCUT2D eigenvalue weighted by molar-refractivity contribution is 5.79. The van der Waals surface area contributed by atoms with Gasteiger partial charge in [0.25, 0.3) is 0 Å². The number of benzene rings is 1. The second-order valence-corrected chi connectivity index (χ2v) is 6.87. The van der Waals surface area contributed by atoms with Crippen LogP contribution in [0.4, 0.5) is 0 Å². The summed E-state index contributed by atoms with van der Waals surface area (Å²) in [6.45, 7) is 6.38. The standard InChI is InChI=1S/C21H30N4O2/c1-2-22-21(23-15-17-8-10-18(26)11-9-17)24-16-19(20-7-6-14-27-20)25-12-4-3-5-13-25/h6-11,14,19,26H,2-5,12-13,15-16H2,1H3,(H2,22,23,24). The molecule has 1 saturated heterocycles. The lowest BCUT2D eigenvalue weighted by Crippen LogP contribution is -2.44. The molecule has 0 spiro atoms. The Kier molecular flexibility index (Phi) is 7.16. The van der Waals surface area contributed by atoms with Crippen LogP contribution >= 0.6 is 0 Å². The fraction of sp³-hybridized carbons (Fsp3) is 0.476. The highest BCUT2D eigenvalue weighted by Crippen LogP contribution is 2.24. The average molecular weight is 370 g/mol. The Hall–Kier alpha value is -2.47. The number of phenolic OH excluding ortho intramolecular Hbond substituents is 1. The number of furan rings is 1. The Morgan fingerprint density at radius 2 is 1.93 bits per heavy atom.